The Morgan fingerprint density at radius 3 is 2.45 bits per heavy atom. The predicted molar refractivity (Wildman–Crippen MR) is 138 cm³/mol. The molecule has 3 atom stereocenters. The number of hydrogen-bond donors (Lipinski definition) is 1. The second kappa shape index (κ2) is 11.0. The van der Waals surface area contributed by atoms with Gasteiger partial charge in [-0.3, -0.25) is 24.1 Å². The molecule has 3 amide bonds. The molecule has 0 aromatic heterocycles. The fourth-order valence-corrected chi connectivity index (χ4v) is 5.02. The SMILES string of the molecule is COc1cccc(C2C3C(=O)N(Cc4ccccc4)C(=O)C3ON2CC(=O)NCc2ccccc2OC)c1. The van der Waals surface area contributed by atoms with E-state index in [4.69, 9.17) is 14.3 Å². The summed E-state index contributed by atoms with van der Waals surface area (Å²) in [5, 5.41) is 4.32. The first kappa shape index (κ1) is 25.4. The van der Waals surface area contributed by atoms with Gasteiger partial charge in [0.1, 0.15) is 18.0 Å². The molecule has 0 bridgehead atoms. The maximum absolute atomic E-state index is 13.6. The summed E-state index contributed by atoms with van der Waals surface area (Å²) in [4.78, 5) is 47.2. The zero-order valence-corrected chi connectivity index (χ0v) is 21.2. The van der Waals surface area contributed by atoms with E-state index < -0.39 is 24.0 Å². The lowest BCUT2D eigenvalue weighted by molar-refractivity contribution is -0.182. The van der Waals surface area contributed by atoms with Crippen molar-refractivity contribution in [2.24, 2.45) is 5.92 Å². The van der Waals surface area contributed by atoms with Gasteiger partial charge in [0.2, 0.25) is 11.8 Å². The van der Waals surface area contributed by atoms with Gasteiger partial charge >= 0.3 is 0 Å². The van der Waals surface area contributed by atoms with E-state index in [2.05, 4.69) is 5.32 Å². The monoisotopic (exact) mass is 515 g/mol. The number of benzene rings is 3. The molecule has 3 aromatic rings. The minimum atomic E-state index is -1.01. The van der Waals surface area contributed by atoms with Crippen LogP contribution in [0.2, 0.25) is 0 Å². The largest absolute Gasteiger partial charge is 0.497 e. The summed E-state index contributed by atoms with van der Waals surface area (Å²) in [6, 6.07) is 23.4. The Hall–Kier alpha value is -4.21. The van der Waals surface area contributed by atoms with Crippen LogP contribution in [0.25, 0.3) is 0 Å². The van der Waals surface area contributed by atoms with Crippen LogP contribution in [0.5, 0.6) is 11.5 Å². The van der Waals surface area contributed by atoms with E-state index in [0.29, 0.717) is 11.5 Å². The van der Waals surface area contributed by atoms with Crippen LogP contribution in [0.3, 0.4) is 0 Å². The maximum atomic E-state index is 13.6. The van der Waals surface area contributed by atoms with Crippen molar-refractivity contribution in [2.75, 3.05) is 20.8 Å². The summed E-state index contributed by atoms with van der Waals surface area (Å²) in [7, 11) is 3.13. The van der Waals surface area contributed by atoms with Crippen molar-refractivity contribution in [3.8, 4) is 11.5 Å². The summed E-state index contributed by atoms with van der Waals surface area (Å²) < 4.78 is 10.7. The van der Waals surface area contributed by atoms with Gasteiger partial charge < -0.3 is 14.8 Å². The van der Waals surface area contributed by atoms with Crippen molar-refractivity contribution in [3.05, 3.63) is 95.6 Å². The first-order valence-corrected chi connectivity index (χ1v) is 12.3. The fourth-order valence-electron chi connectivity index (χ4n) is 5.02. The Labute approximate surface area is 220 Å². The first-order chi connectivity index (χ1) is 18.5. The molecule has 0 spiro atoms. The number of carbonyl (C=O) groups is 3. The number of nitrogens with one attached hydrogen (secondary N) is 1. The minimum Gasteiger partial charge on any atom is -0.497 e. The number of amides is 3. The van der Waals surface area contributed by atoms with Gasteiger partial charge in [-0.25, -0.2) is 0 Å². The maximum Gasteiger partial charge on any atom is 0.261 e. The summed E-state index contributed by atoms with van der Waals surface area (Å²) in [6.45, 7) is 0.262. The van der Waals surface area contributed by atoms with Crippen molar-refractivity contribution >= 4 is 17.7 Å². The van der Waals surface area contributed by atoms with Gasteiger partial charge in [0.15, 0.2) is 6.10 Å². The van der Waals surface area contributed by atoms with E-state index in [-0.39, 0.29) is 31.4 Å². The van der Waals surface area contributed by atoms with Crippen LogP contribution in [0.4, 0.5) is 0 Å². The van der Waals surface area contributed by atoms with Crippen LogP contribution >= 0.6 is 0 Å². The number of hydrogen-bond acceptors (Lipinski definition) is 7. The average molecular weight is 516 g/mol. The zero-order chi connectivity index (χ0) is 26.6. The molecule has 1 N–H and O–H groups in total. The highest BCUT2D eigenvalue weighted by Gasteiger charge is 2.59. The highest BCUT2D eigenvalue weighted by atomic mass is 16.7. The number of imide groups is 1. The van der Waals surface area contributed by atoms with Gasteiger partial charge in [0.05, 0.1) is 32.7 Å². The molecule has 0 aliphatic carbocycles. The van der Waals surface area contributed by atoms with E-state index in [0.717, 1.165) is 16.7 Å². The molecule has 3 unspecified atom stereocenters. The summed E-state index contributed by atoms with van der Waals surface area (Å²) in [5.41, 5.74) is 2.39. The van der Waals surface area contributed by atoms with Gasteiger partial charge in [-0.05, 0) is 29.3 Å². The van der Waals surface area contributed by atoms with Gasteiger partial charge in [-0.1, -0.05) is 60.7 Å². The second-order valence-electron chi connectivity index (χ2n) is 9.19. The Bertz CT molecular complexity index is 1330. The number of hydroxylamine groups is 2. The van der Waals surface area contributed by atoms with Gasteiger partial charge in [-0.15, -0.1) is 0 Å². The van der Waals surface area contributed by atoms with E-state index in [1.807, 2.05) is 66.7 Å². The zero-order valence-electron chi connectivity index (χ0n) is 21.2. The van der Waals surface area contributed by atoms with E-state index in [9.17, 15) is 14.4 Å². The predicted octanol–water partition coefficient (Wildman–Crippen LogP) is 2.86. The van der Waals surface area contributed by atoms with Crippen molar-refractivity contribution in [1.29, 1.82) is 0 Å². The van der Waals surface area contributed by atoms with Gasteiger partial charge in [0.25, 0.3) is 5.91 Å². The number of ether oxygens (including phenoxy) is 2. The lowest BCUT2D eigenvalue weighted by Gasteiger charge is -2.27. The molecule has 5 rings (SSSR count). The number of nitrogens with zero attached hydrogens (tertiary/aromatic N) is 2. The third-order valence-corrected chi connectivity index (χ3v) is 6.87. The average Bonchev–Trinajstić information content (AvgIpc) is 3.43. The van der Waals surface area contributed by atoms with E-state index >= 15 is 0 Å². The molecule has 2 heterocycles. The summed E-state index contributed by atoms with van der Waals surface area (Å²) >= 11 is 0. The van der Waals surface area contributed by atoms with Crippen molar-refractivity contribution < 1.29 is 28.7 Å². The molecule has 2 aliphatic heterocycles. The summed E-state index contributed by atoms with van der Waals surface area (Å²) in [6.07, 6.45) is -1.01. The summed E-state index contributed by atoms with van der Waals surface area (Å²) in [5.74, 6) is -0.569. The quantitative estimate of drug-likeness (QED) is 0.438. The first-order valence-electron chi connectivity index (χ1n) is 12.3. The molecular weight excluding hydrogens is 486 g/mol. The van der Waals surface area contributed by atoms with E-state index in [1.165, 1.54) is 9.96 Å². The van der Waals surface area contributed by atoms with Crippen molar-refractivity contribution in [1.82, 2.24) is 15.3 Å². The van der Waals surface area contributed by atoms with Crippen molar-refractivity contribution in [3.63, 3.8) is 0 Å². The molecular formula is C29H29N3O6. The Kier molecular flexibility index (Phi) is 7.39. The normalized spacial score (nSPS) is 20.9. The van der Waals surface area contributed by atoms with E-state index in [1.54, 1.807) is 26.4 Å². The van der Waals surface area contributed by atoms with Crippen LogP contribution in [-0.4, -0.2) is 54.6 Å². The number of likely N-dealkylation sites (tertiary alicyclic amines) is 1. The standard InChI is InChI=1S/C29H29N3O6/c1-36-22-13-8-12-20(15-22)26-25-27(29(35)31(28(25)34)17-19-9-4-3-5-10-19)38-32(26)18-24(33)30-16-21-11-6-7-14-23(21)37-2/h3-15,25-27H,16-18H2,1-2H3,(H,30,33). The molecule has 2 saturated heterocycles. The fraction of sp³-hybridized carbons (Fsp3) is 0.276. The van der Waals surface area contributed by atoms with Crippen LogP contribution in [-0.2, 0) is 32.3 Å². The van der Waals surface area contributed by atoms with Gasteiger partial charge in [0, 0.05) is 12.1 Å². The molecule has 0 radical (unpaired) electrons. The number of methoxy groups -OCH3 is 2. The molecule has 38 heavy (non-hydrogen) atoms. The minimum absolute atomic E-state index is 0.163. The van der Waals surface area contributed by atoms with Crippen LogP contribution in [0.1, 0.15) is 22.7 Å². The third kappa shape index (κ3) is 4.98. The molecule has 196 valence electrons. The number of rotatable bonds is 9. The molecule has 9 heteroatoms. The Balaban J connectivity index is 1.37. The molecule has 2 aliphatic rings. The topological polar surface area (TPSA) is 97.4 Å². The Morgan fingerprint density at radius 2 is 1.68 bits per heavy atom. The number of para-hydroxylation sites is 1. The second-order valence-corrected chi connectivity index (χ2v) is 9.19. The third-order valence-electron chi connectivity index (χ3n) is 6.87. The molecule has 0 saturated carbocycles. The lowest BCUT2D eigenvalue weighted by Crippen LogP contribution is -2.41. The van der Waals surface area contributed by atoms with Gasteiger partial charge in [-0.2, -0.15) is 5.06 Å². The molecule has 2 fully saturated rings. The highest BCUT2D eigenvalue weighted by molar-refractivity contribution is 6.07. The van der Waals surface area contributed by atoms with Crippen LogP contribution in [0.15, 0.2) is 78.9 Å². The van der Waals surface area contributed by atoms with Crippen LogP contribution in [0, 0.1) is 5.92 Å². The number of fused-ring (bicyclic) bond motifs is 1. The number of carbonyl (C=O) groups excluding carboxylic acids is 3. The van der Waals surface area contributed by atoms with Crippen LogP contribution < -0.4 is 14.8 Å². The lowest BCUT2D eigenvalue weighted by atomic mass is 9.90. The highest BCUT2D eigenvalue weighted by Crippen LogP contribution is 2.45. The van der Waals surface area contributed by atoms with Crippen molar-refractivity contribution in [2.45, 2.75) is 25.2 Å². The molecule has 3 aromatic carbocycles. The smallest absolute Gasteiger partial charge is 0.261 e. The molecule has 9 nitrogen and oxygen atoms in total. The Morgan fingerprint density at radius 1 is 0.921 bits per heavy atom.